The number of nitrogens with two attached hydrogens (primary N) is 2. The summed E-state index contributed by atoms with van der Waals surface area (Å²) in [5.74, 6) is -1.65. The Bertz CT molecular complexity index is 290. The smallest absolute Gasteiger partial charge is 0.307 e. The largest absolute Gasteiger partial charge is 0.326 e. The van der Waals surface area contributed by atoms with Crippen LogP contribution < -0.4 is 16.8 Å². The van der Waals surface area contributed by atoms with Crippen molar-refractivity contribution in [2.75, 3.05) is 0 Å². The van der Waals surface area contributed by atoms with Gasteiger partial charge < -0.3 is 5.32 Å². The number of carbonyl (C=O) groups excluding carboxylic acids is 2. The molecule has 1 aliphatic heterocycles. The summed E-state index contributed by atoms with van der Waals surface area (Å²) in [7, 11) is 0. The zero-order valence-corrected chi connectivity index (χ0v) is 9.24. The molecule has 3 amide bonds. The van der Waals surface area contributed by atoms with Gasteiger partial charge in [0.25, 0.3) is 0 Å². The van der Waals surface area contributed by atoms with Gasteiger partial charge in [-0.3, -0.25) is 21.2 Å². The molecule has 16 heavy (non-hydrogen) atoms. The van der Waals surface area contributed by atoms with Gasteiger partial charge in [-0.2, -0.15) is 0 Å². The third-order valence-corrected chi connectivity index (χ3v) is 3.21. The van der Waals surface area contributed by atoms with Crippen molar-refractivity contribution in [1.29, 1.82) is 0 Å². The van der Waals surface area contributed by atoms with E-state index in [0.717, 1.165) is 25.7 Å². The average molecular weight is 226 g/mol. The van der Waals surface area contributed by atoms with Crippen LogP contribution in [0.5, 0.6) is 0 Å². The van der Waals surface area contributed by atoms with Crippen LogP contribution in [0.25, 0.3) is 0 Å². The molecule has 6 nitrogen and oxygen atoms in total. The Labute approximate surface area is 94.3 Å². The van der Waals surface area contributed by atoms with Crippen molar-refractivity contribution in [3.05, 3.63) is 0 Å². The summed E-state index contributed by atoms with van der Waals surface area (Å²) in [5, 5.41) is 2.46. The summed E-state index contributed by atoms with van der Waals surface area (Å²) >= 11 is 0. The lowest BCUT2D eigenvalue weighted by Gasteiger charge is -2.40. The van der Waals surface area contributed by atoms with Gasteiger partial charge in [0.2, 0.25) is 5.91 Å². The van der Waals surface area contributed by atoms with Crippen LogP contribution >= 0.6 is 0 Å². The monoisotopic (exact) mass is 226 g/mol. The van der Waals surface area contributed by atoms with Gasteiger partial charge in [-0.05, 0) is 12.8 Å². The topological polar surface area (TPSA) is 101 Å². The molecule has 0 unspecified atom stereocenters. The summed E-state index contributed by atoms with van der Waals surface area (Å²) in [6.07, 6.45) is 5.06. The normalized spacial score (nSPS) is 26.8. The summed E-state index contributed by atoms with van der Waals surface area (Å²) < 4.78 is 0. The second kappa shape index (κ2) is 4.03. The maximum absolute atomic E-state index is 11.8. The lowest BCUT2D eigenvalue weighted by atomic mass is 9.93. The number of urea groups is 1. The first-order chi connectivity index (χ1) is 7.49. The molecule has 6 heteroatoms. The van der Waals surface area contributed by atoms with E-state index in [0.29, 0.717) is 0 Å². The second-order valence-corrected chi connectivity index (χ2v) is 4.70. The molecule has 0 spiro atoms. The average Bonchev–Trinajstić information content (AvgIpc) is 2.16. The van der Waals surface area contributed by atoms with E-state index in [1.807, 2.05) is 0 Å². The maximum atomic E-state index is 11.8. The molecular weight excluding hydrogens is 208 g/mol. The minimum Gasteiger partial charge on any atom is -0.307 e. The summed E-state index contributed by atoms with van der Waals surface area (Å²) in [5.41, 5.74) is 11.1. The van der Waals surface area contributed by atoms with E-state index >= 15 is 0 Å². The lowest BCUT2D eigenvalue weighted by Crippen LogP contribution is -2.72. The highest BCUT2D eigenvalue weighted by Gasteiger charge is 2.41. The van der Waals surface area contributed by atoms with Gasteiger partial charge in [0.15, 0.2) is 5.79 Å². The van der Waals surface area contributed by atoms with Crippen LogP contribution in [0.1, 0.15) is 38.5 Å². The highest BCUT2D eigenvalue weighted by atomic mass is 16.2. The number of nitrogens with zero attached hydrogens (tertiary/aromatic N) is 1. The van der Waals surface area contributed by atoms with Crippen LogP contribution in [0.2, 0.25) is 0 Å². The highest BCUT2D eigenvalue weighted by Crippen LogP contribution is 2.25. The molecule has 1 heterocycles. The molecule has 90 valence electrons. The number of imide groups is 1. The number of amides is 3. The van der Waals surface area contributed by atoms with Crippen LogP contribution in [0.4, 0.5) is 4.79 Å². The van der Waals surface area contributed by atoms with Gasteiger partial charge in [0.05, 0.1) is 6.42 Å². The molecule has 0 radical (unpaired) electrons. The van der Waals surface area contributed by atoms with Crippen molar-refractivity contribution >= 4 is 11.9 Å². The second-order valence-electron chi connectivity index (χ2n) is 4.70. The molecule has 0 aromatic rings. The number of rotatable bonds is 1. The van der Waals surface area contributed by atoms with Gasteiger partial charge >= 0.3 is 6.03 Å². The Morgan fingerprint density at radius 1 is 1.19 bits per heavy atom. The van der Waals surface area contributed by atoms with E-state index in [1.54, 1.807) is 0 Å². The summed E-state index contributed by atoms with van der Waals surface area (Å²) in [6.45, 7) is 0. The van der Waals surface area contributed by atoms with Crippen molar-refractivity contribution in [2.24, 2.45) is 11.5 Å². The first kappa shape index (κ1) is 11.3. The predicted molar refractivity (Wildman–Crippen MR) is 58.0 cm³/mol. The standard InChI is InChI=1S/C10H18N4O2/c11-10(12)6-8(15)14(9(16)13-10)7-4-2-1-3-5-7/h7H,1-6,11-12H2,(H,13,16). The van der Waals surface area contributed by atoms with Crippen molar-refractivity contribution in [3.8, 4) is 0 Å². The molecule has 0 aromatic carbocycles. The minimum absolute atomic E-state index is 0.0253. The molecule has 1 saturated carbocycles. The first-order valence-corrected chi connectivity index (χ1v) is 5.71. The molecule has 0 atom stereocenters. The number of carbonyl (C=O) groups is 2. The van der Waals surface area contributed by atoms with Gasteiger partial charge in [0.1, 0.15) is 0 Å². The Morgan fingerprint density at radius 2 is 1.81 bits per heavy atom. The molecule has 0 aromatic heterocycles. The van der Waals surface area contributed by atoms with E-state index in [1.165, 1.54) is 11.3 Å². The lowest BCUT2D eigenvalue weighted by molar-refractivity contribution is -0.134. The first-order valence-electron chi connectivity index (χ1n) is 5.71. The Morgan fingerprint density at radius 3 is 2.38 bits per heavy atom. The van der Waals surface area contributed by atoms with Crippen molar-refractivity contribution in [2.45, 2.75) is 50.4 Å². The fourth-order valence-electron chi connectivity index (χ4n) is 2.46. The van der Waals surface area contributed by atoms with Crippen molar-refractivity contribution in [1.82, 2.24) is 10.2 Å². The Hall–Kier alpha value is -1.14. The van der Waals surface area contributed by atoms with Crippen LogP contribution in [0.3, 0.4) is 0 Å². The van der Waals surface area contributed by atoms with Gasteiger partial charge in [-0.1, -0.05) is 19.3 Å². The third-order valence-electron chi connectivity index (χ3n) is 3.21. The molecule has 0 bridgehead atoms. The number of hydrogen-bond acceptors (Lipinski definition) is 4. The van der Waals surface area contributed by atoms with Gasteiger partial charge in [-0.15, -0.1) is 0 Å². The van der Waals surface area contributed by atoms with Crippen LogP contribution in [-0.2, 0) is 4.79 Å². The highest BCUT2D eigenvalue weighted by molar-refractivity contribution is 5.98. The molecule has 1 saturated heterocycles. The van der Waals surface area contributed by atoms with Crippen LogP contribution in [-0.4, -0.2) is 28.7 Å². The Kier molecular flexibility index (Phi) is 2.86. The molecule has 2 rings (SSSR count). The number of hydrogen-bond donors (Lipinski definition) is 3. The third kappa shape index (κ3) is 2.17. The fraction of sp³-hybridized carbons (Fsp3) is 0.800. The van der Waals surface area contributed by atoms with Crippen LogP contribution in [0.15, 0.2) is 0 Å². The molecular formula is C10H18N4O2. The van der Waals surface area contributed by atoms with Gasteiger partial charge in [-0.25, -0.2) is 4.79 Å². The van der Waals surface area contributed by atoms with Gasteiger partial charge in [0, 0.05) is 6.04 Å². The number of nitrogens with one attached hydrogen (secondary N) is 1. The van der Waals surface area contributed by atoms with E-state index < -0.39 is 11.8 Å². The summed E-state index contributed by atoms with van der Waals surface area (Å²) in [6, 6.07) is -0.425. The SMILES string of the molecule is NC1(N)CC(=O)N(C2CCCCC2)C(=O)N1. The fourth-order valence-corrected chi connectivity index (χ4v) is 2.46. The van der Waals surface area contributed by atoms with E-state index in [2.05, 4.69) is 5.32 Å². The maximum Gasteiger partial charge on any atom is 0.326 e. The van der Waals surface area contributed by atoms with E-state index in [4.69, 9.17) is 11.5 Å². The molecule has 2 aliphatic rings. The van der Waals surface area contributed by atoms with Crippen molar-refractivity contribution < 1.29 is 9.59 Å². The van der Waals surface area contributed by atoms with E-state index in [9.17, 15) is 9.59 Å². The van der Waals surface area contributed by atoms with Crippen LogP contribution in [0, 0.1) is 0 Å². The molecule has 1 aliphatic carbocycles. The van der Waals surface area contributed by atoms with E-state index in [-0.39, 0.29) is 18.4 Å². The quantitative estimate of drug-likeness (QED) is 0.540. The zero-order valence-electron chi connectivity index (χ0n) is 9.24. The molecule has 5 N–H and O–H groups in total. The summed E-state index contributed by atoms with van der Waals surface area (Å²) in [4.78, 5) is 24.9. The predicted octanol–water partition coefficient (Wildman–Crippen LogP) is -0.168. The zero-order chi connectivity index (χ0) is 11.8. The Balaban J connectivity index is 2.09. The molecule has 2 fully saturated rings. The minimum atomic E-state index is -1.39. The van der Waals surface area contributed by atoms with Crippen molar-refractivity contribution in [3.63, 3.8) is 0 Å².